The Morgan fingerprint density at radius 2 is 1.97 bits per heavy atom. The molecule has 0 spiro atoms. The van der Waals surface area contributed by atoms with E-state index in [4.69, 9.17) is 4.98 Å². The Hall–Kier alpha value is -2.99. The summed E-state index contributed by atoms with van der Waals surface area (Å²) >= 11 is 1.67. The third-order valence-corrected chi connectivity index (χ3v) is 5.60. The molecule has 0 bridgehead atoms. The average Bonchev–Trinajstić information content (AvgIpc) is 3.37. The third-order valence-electron chi connectivity index (χ3n) is 4.87. The smallest absolute Gasteiger partial charge is 0.252 e. The highest BCUT2D eigenvalue weighted by molar-refractivity contribution is 7.07. The van der Waals surface area contributed by atoms with E-state index in [1.165, 1.54) is 5.56 Å². The Bertz CT molecular complexity index is 1120. The maximum absolute atomic E-state index is 13.2. The monoisotopic (exact) mass is 404 g/mol. The Morgan fingerprint density at radius 3 is 2.66 bits per heavy atom. The summed E-state index contributed by atoms with van der Waals surface area (Å²) in [6.45, 7) is 6.15. The minimum atomic E-state index is -0.0967. The lowest BCUT2D eigenvalue weighted by Crippen LogP contribution is -2.34. The second-order valence-corrected chi connectivity index (χ2v) is 8.33. The van der Waals surface area contributed by atoms with Gasteiger partial charge in [0, 0.05) is 17.6 Å². The van der Waals surface area contributed by atoms with E-state index in [2.05, 4.69) is 41.1 Å². The molecule has 0 fully saturated rings. The van der Waals surface area contributed by atoms with Gasteiger partial charge in [0.25, 0.3) is 5.91 Å². The number of rotatable bonds is 6. The fourth-order valence-electron chi connectivity index (χ4n) is 3.46. The number of carbonyl (C=O) groups is 1. The normalized spacial score (nSPS) is 12.4. The number of fused-ring (bicyclic) bond motifs is 1. The lowest BCUT2D eigenvalue weighted by atomic mass is 10.1. The molecule has 148 valence electrons. The Labute approximate surface area is 174 Å². The zero-order valence-corrected chi connectivity index (χ0v) is 17.6. The number of hydrogen-bond acceptors (Lipinski definition) is 4. The summed E-state index contributed by atoms with van der Waals surface area (Å²) in [6, 6.07) is 14.1. The summed E-state index contributed by atoms with van der Waals surface area (Å²) in [7, 11) is 0. The van der Waals surface area contributed by atoms with Gasteiger partial charge in [-0.1, -0.05) is 30.3 Å². The molecule has 1 atom stereocenters. The van der Waals surface area contributed by atoms with Crippen molar-refractivity contribution in [2.75, 3.05) is 0 Å². The molecule has 5 nitrogen and oxygen atoms in total. The van der Waals surface area contributed by atoms with Gasteiger partial charge in [-0.05, 0) is 55.6 Å². The van der Waals surface area contributed by atoms with E-state index in [0.29, 0.717) is 5.56 Å². The van der Waals surface area contributed by atoms with Crippen LogP contribution in [-0.4, -0.2) is 26.7 Å². The number of benzene rings is 1. The van der Waals surface area contributed by atoms with Gasteiger partial charge >= 0.3 is 0 Å². The van der Waals surface area contributed by atoms with Crippen molar-refractivity contribution in [3.63, 3.8) is 0 Å². The van der Waals surface area contributed by atoms with Crippen molar-refractivity contribution in [3.8, 4) is 11.3 Å². The van der Waals surface area contributed by atoms with E-state index in [1.807, 2.05) is 48.0 Å². The first-order valence-corrected chi connectivity index (χ1v) is 10.7. The number of thiophene rings is 1. The molecule has 1 unspecified atom stereocenters. The first kappa shape index (κ1) is 19.3. The molecule has 0 saturated carbocycles. The number of hydrogen-bond donors (Lipinski definition) is 1. The van der Waals surface area contributed by atoms with Gasteiger partial charge in [0.1, 0.15) is 0 Å². The second kappa shape index (κ2) is 8.17. The molecule has 1 aromatic carbocycles. The van der Waals surface area contributed by atoms with E-state index in [-0.39, 0.29) is 18.0 Å². The van der Waals surface area contributed by atoms with Crippen LogP contribution in [0.1, 0.15) is 42.7 Å². The van der Waals surface area contributed by atoms with Crippen LogP contribution in [-0.2, 0) is 6.42 Å². The lowest BCUT2D eigenvalue weighted by Gasteiger charge is -2.15. The van der Waals surface area contributed by atoms with Gasteiger partial charge in [0.2, 0.25) is 0 Å². The second-order valence-electron chi connectivity index (χ2n) is 7.55. The predicted molar refractivity (Wildman–Crippen MR) is 118 cm³/mol. The number of nitrogens with zero attached hydrogens (tertiary/aromatic N) is 3. The summed E-state index contributed by atoms with van der Waals surface area (Å²) in [5, 5.41) is 12.6. The van der Waals surface area contributed by atoms with E-state index >= 15 is 0 Å². The van der Waals surface area contributed by atoms with Gasteiger partial charge in [-0.2, -0.15) is 16.4 Å². The standard InChI is InChI=1S/C23H24N4OS/c1-15(2)27-22-20(13-24-27)19(12-21(26-22)18-7-5-4-6-8-18)23(28)25-16(3)11-17-9-10-29-14-17/h4-10,12-16H,11H2,1-3H3,(H,25,28). The number of aromatic nitrogens is 3. The van der Waals surface area contributed by atoms with Crippen LogP contribution < -0.4 is 5.32 Å². The number of amides is 1. The first-order chi connectivity index (χ1) is 14.0. The van der Waals surface area contributed by atoms with Gasteiger partial charge in [0.15, 0.2) is 5.65 Å². The van der Waals surface area contributed by atoms with Crippen LogP contribution in [0.4, 0.5) is 0 Å². The van der Waals surface area contributed by atoms with Crippen molar-refractivity contribution in [2.24, 2.45) is 0 Å². The van der Waals surface area contributed by atoms with Crippen LogP contribution in [0.2, 0.25) is 0 Å². The molecule has 0 aliphatic heterocycles. The van der Waals surface area contributed by atoms with Crippen LogP contribution in [0, 0.1) is 0 Å². The summed E-state index contributed by atoms with van der Waals surface area (Å²) in [5.41, 5.74) is 4.33. The summed E-state index contributed by atoms with van der Waals surface area (Å²) in [6.07, 6.45) is 2.55. The maximum Gasteiger partial charge on any atom is 0.252 e. The van der Waals surface area contributed by atoms with Crippen LogP contribution in [0.5, 0.6) is 0 Å². The maximum atomic E-state index is 13.2. The van der Waals surface area contributed by atoms with Gasteiger partial charge in [-0.3, -0.25) is 4.79 Å². The van der Waals surface area contributed by atoms with Crippen molar-refractivity contribution in [2.45, 2.75) is 39.3 Å². The fraction of sp³-hybridized carbons (Fsp3) is 0.261. The molecule has 4 rings (SSSR count). The quantitative estimate of drug-likeness (QED) is 0.486. The molecule has 4 aromatic rings. The number of carbonyl (C=O) groups excluding carboxylic acids is 1. The Morgan fingerprint density at radius 1 is 1.17 bits per heavy atom. The fourth-order valence-corrected chi connectivity index (χ4v) is 4.14. The summed E-state index contributed by atoms with van der Waals surface area (Å²) < 4.78 is 1.87. The minimum absolute atomic E-state index is 0.0284. The lowest BCUT2D eigenvalue weighted by molar-refractivity contribution is 0.0941. The van der Waals surface area contributed by atoms with Crippen molar-refractivity contribution < 1.29 is 4.79 Å². The highest BCUT2D eigenvalue weighted by Crippen LogP contribution is 2.26. The SMILES string of the molecule is CC(Cc1ccsc1)NC(=O)c1cc(-c2ccccc2)nc2c1cnn2C(C)C. The highest BCUT2D eigenvalue weighted by Gasteiger charge is 2.19. The molecule has 6 heteroatoms. The molecular formula is C23H24N4OS. The number of pyridine rings is 1. The van der Waals surface area contributed by atoms with Gasteiger partial charge in [-0.25, -0.2) is 9.67 Å². The summed E-state index contributed by atoms with van der Waals surface area (Å²) in [5.74, 6) is -0.0967. The zero-order chi connectivity index (χ0) is 20.4. The largest absolute Gasteiger partial charge is 0.349 e. The Kier molecular flexibility index (Phi) is 5.45. The van der Waals surface area contributed by atoms with Crippen LogP contribution in [0.3, 0.4) is 0 Å². The van der Waals surface area contributed by atoms with Crippen LogP contribution in [0.25, 0.3) is 22.3 Å². The molecular weight excluding hydrogens is 380 g/mol. The predicted octanol–water partition coefficient (Wildman–Crippen LogP) is 5.10. The van der Waals surface area contributed by atoms with Gasteiger partial charge in [0.05, 0.1) is 22.8 Å². The highest BCUT2D eigenvalue weighted by atomic mass is 32.1. The van der Waals surface area contributed by atoms with Crippen molar-refractivity contribution in [1.29, 1.82) is 0 Å². The molecule has 1 amide bonds. The van der Waals surface area contributed by atoms with Crippen molar-refractivity contribution in [1.82, 2.24) is 20.1 Å². The third kappa shape index (κ3) is 4.07. The van der Waals surface area contributed by atoms with Crippen molar-refractivity contribution >= 4 is 28.3 Å². The van der Waals surface area contributed by atoms with Crippen molar-refractivity contribution in [3.05, 3.63) is 70.5 Å². The zero-order valence-electron chi connectivity index (χ0n) is 16.8. The first-order valence-electron chi connectivity index (χ1n) is 9.78. The molecule has 1 N–H and O–H groups in total. The Balaban J connectivity index is 1.73. The van der Waals surface area contributed by atoms with E-state index in [0.717, 1.165) is 28.7 Å². The van der Waals surface area contributed by atoms with E-state index in [1.54, 1.807) is 17.5 Å². The molecule has 0 radical (unpaired) electrons. The molecule has 3 aromatic heterocycles. The average molecular weight is 405 g/mol. The topological polar surface area (TPSA) is 59.8 Å². The summed E-state index contributed by atoms with van der Waals surface area (Å²) in [4.78, 5) is 18.0. The van der Waals surface area contributed by atoms with E-state index < -0.39 is 0 Å². The molecule has 3 heterocycles. The minimum Gasteiger partial charge on any atom is -0.349 e. The molecule has 0 aliphatic carbocycles. The van der Waals surface area contributed by atoms with Gasteiger partial charge in [-0.15, -0.1) is 0 Å². The number of nitrogens with one attached hydrogen (secondary N) is 1. The van der Waals surface area contributed by atoms with E-state index in [9.17, 15) is 4.79 Å². The van der Waals surface area contributed by atoms with Crippen LogP contribution in [0.15, 0.2) is 59.4 Å². The molecule has 29 heavy (non-hydrogen) atoms. The van der Waals surface area contributed by atoms with Crippen LogP contribution >= 0.6 is 11.3 Å². The molecule has 0 aliphatic rings. The molecule has 0 saturated heterocycles. The van der Waals surface area contributed by atoms with Gasteiger partial charge < -0.3 is 5.32 Å².